The van der Waals surface area contributed by atoms with Crippen molar-refractivity contribution in [2.75, 3.05) is 25.4 Å². The molecule has 1 aliphatic heterocycles. The monoisotopic (exact) mass is 282 g/mol. The van der Waals surface area contributed by atoms with Crippen molar-refractivity contribution in [3.63, 3.8) is 0 Å². The highest BCUT2D eigenvalue weighted by Gasteiger charge is 2.17. The van der Waals surface area contributed by atoms with Crippen molar-refractivity contribution in [1.82, 2.24) is 4.90 Å². The van der Waals surface area contributed by atoms with Gasteiger partial charge in [0.2, 0.25) is 0 Å². The summed E-state index contributed by atoms with van der Waals surface area (Å²) < 4.78 is 5.74. The molecule has 0 fully saturated rings. The van der Waals surface area contributed by atoms with Crippen molar-refractivity contribution in [1.29, 1.82) is 0 Å². The number of fused-ring (bicyclic) bond motifs is 1. The summed E-state index contributed by atoms with van der Waals surface area (Å²) in [6, 6.07) is 16.2. The van der Waals surface area contributed by atoms with E-state index in [-0.39, 0.29) is 0 Å². The molecular weight excluding hydrogens is 260 g/mol. The van der Waals surface area contributed by atoms with E-state index in [9.17, 15) is 0 Å². The van der Waals surface area contributed by atoms with Crippen molar-refractivity contribution >= 4 is 5.69 Å². The SMILES string of the molecule is Nc1cccc2c1CN(CCCOc1ccccc1)CC2. The second-order valence-corrected chi connectivity index (χ2v) is 5.53. The van der Waals surface area contributed by atoms with Crippen LogP contribution in [0.5, 0.6) is 5.75 Å². The highest BCUT2D eigenvalue weighted by atomic mass is 16.5. The van der Waals surface area contributed by atoms with E-state index >= 15 is 0 Å². The largest absolute Gasteiger partial charge is 0.494 e. The van der Waals surface area contributed by atoms with Gasteiger partial charge >= 0.3 is 0 Å². The third-order valence-electron chi connectivity index (χ3n) is 4.02. The fraction of sp³-hybridized carbons (Fsp3) is 0.333. The van der Waals surface area contributed by atoms with Crippen LogP contribution in [0.2, 0.25) is 0 Å². The van der Waals surface area contributed by atoms with Gasteiger partial charge in [-0.3, -0.25) is 4.90 Å². The van der Waals surface area contributed by atoms with E-state index in [4.69, 9.17) is 10.5 Å². The highest BCUT2D eigenvalue weighted by molar-refractivity contribution is 5.51. The average Bonchev–Trinajstić information content (AvgIpc) is 2.53. The van der Waals surface area contributed by atoms with Gasteiger partial charge in [-0.2, -0.15) is 0 Å². The van der Waals surface area contributed by atoms with Gasteiger partial charge in [0.05, 0.1) is 6.61 Å². The fourth-order valence-electron chi connectivity index (χ4n) is 2.85. The number of anilines is 1. The van der Waals surface area contributed by atoms with Crippen LogP contribution in [-0.4, -0.2) is 24.6 Å². The molecule has 2 aromatic carbocycles. The highest BCUT2D eigenvalue weighted by Crippen LogP contribution is 2.24. The van der Waals surface area contributed by atoms with Gasteiger partial charge < -0.3 is 10.5 Å². The van der Waals surface area contributed by atoms with Crippen molar-refractivity contribution in [2.45, 2.75) is 19.4 Å². The predicted molar refractivity (Wildman–Crippen MR) is 86.4 cm³/mol. The van der Waals surface area contributed by atoms with E-state index in [0.717, 1.165) is 50.5 Å². The van der Waals surface area contributed by atoms with E-state index in [0.29, 0.717) is 0 Å². The molecule has 0 unspecified atom stereocenters. The maximum absolute atomic E-state index is 6.08. The first-order valence-electron chi connectivity index (χ1n) is 7.59. The molecule has 0 radical (unpaired) electrons. The second kappa shape index (κ2) is 6.64. The Balaban J connectivity index is 1.46. The molecule has 0 amide bonds. The van der Waals surface area contributed by atoms with E-state index in [1.54, 1.807) is 0 Å². The molecule has 0 aliphatic carbocycles. The molecule has 110 valence electrons. The van der Waals surface area contributed by atoms with E-state index in [1.807, 2.05) is 36.4 Å². The Bertz CT molecular complexity index is 583. The van der Waals surface area contributed by atoms with Crippen LogP contribution in [0.25, 0.3) is 0 Å². The smallest absolute Gasteiger partial charge is 0.119 e. The second-order valence-electron chi connectivity index (χ2n) is 5.53. The lowest BCUT2D eigenvalue weighted by Crippen LogP contribution is -2.32. The summed E-state index contributed by atoms with van der Waals surface area (Å²) in [6.07, 6.45) is 2.14. The molecule has 3 rings (SSSR count). The maximum atomic E-state index is 6.08. The summed E-state index contributed by atoms with van der Waals surface area (Å²) in [5.41, 5.74) is 9.73. The summed E-state index contributed by atoms with van der Waals surface area (Å²) in [5, 5.41) is 0. The number of benzene rings is 2. The van der Waals surface area contributed by atoms with Gasteiger partial charge in [0.1, 0.15) is 5.75 Å². The summed E-state index contributed by atoms with van der Waals surface area (Å²) in [7, 11) is 0. The molecule has 0 saturated heterocycles. The van der Waals surface area contributed by atoms with Gasteiger partial charge in [0.15, 0.2) is 0 Å². The maximum Gasteiger partial charge on any atom is 0.119 e. The van der Waals surface area contributed by atoms with Crippen molar-refractivity contribution in [3.05, 3.63) is 59.7 Å². The topological polar surface area (TPSA) is 38.5 Å². The Labute approximate surface area is 126 Å². The standard InChI is InChI=1S/C18H22N2O/c19-18-9-4-6-15-10-12-20(14-17(15)18)11-5-13-21-16-7-2-1-3-8-16/h1-4,6-9H,5,10-14,19H2. The van der Waals surface area contributed by atoms with E-state index in [2.05, 4.69) is 17.0 Å². The molecule has 1 aliphatic rings. The van der Waals surface area contributed by atoms with E-state index in [1.165, 1.54) is 11.1 Å². The van der Waals surface area contributed by atoms with Gasteiger partial charge in [0, 0.05) is 25.3 Å². The zero-order chi connectivity index (χ0) is 14.5. The van der Waals surface area contributed by atoms with E-state index < -0.39 is 0 Å². The molecule has 0 atom stereocenters. The number of hydrogen-bond acceptors (Lipinski definition) is 3. The number of nitrogens with zero attached hydrogens (tertiary/aromatic N) is 1. The zero-order valence-electron chi connectivity index (χ0n) is 12.3. The molecule has 3 nitrogen and oxygen atoms in total. The van der Waals surface area contributed by atoms with Gasteiger partial charge in [0.25, 0.3) is 0 Å². The van der Waals surface area contributed by atoms with Crippen LogP contribution in [0.15, 0.2) is 48.5 Å². The normalized spacial score (nSPS) is 14.7. The van der Waals surface area contributed by atoms with Gasteiger partial charge in [-0.15, -0.1) is 0 Å². The summed E-state index contributed by atoms with van der Waals surface area (Å²) in [4.78, 5) is 2.47. The quantitative estimate of drug-likeness (QED) is 0.676. The molecule has 0 bridgehead atoms. The zero-order valence-corrected chi connectivity index (χ0v) is 12.3. The minimum absolute atomic E-state index is 0.762. The number of hydrogen-bond donors (Lipinski definition) is 1. The van der Waals surface area contributed by atoms with Crippen molar-refractivity contribution < 1.29 is 4.74 Å². The number of nitrogens with two attached hydrogens (primary N) is 1. The number of para-hydroxylation sites is 1. The van der Waals surface area contributed by atoms with Crippen LogP contribution in [0.3, 0.4) is 0 Å². The Kier molecular flexibility index (Phi) is 4.41. The van der Waals surface area contributed by atoms with Crippen LogP contribution < -0.4 is 10.5 Å². The number of rotatable bonds is 5. The van der Waals surface area contributed by atoms with Gasteiger partial charge in [-0.05, 0) is 42.2 Å². The minimum Gasteiger partial charge on any atom is -0.494 e. The molecule has 2 aromatic rings. The molecular formula is C18H22N2O. The Morgan fingerprint density at radius 2 is 1.90 bits per heavy atom. The summed E-state index contributed by atoms with van der Waals surface area (Å²) >= 11 is 0. The summed E-state index contributed by atoms with van der Waals surface area (Å²) in [6.45, 7) is 3.90. The van der Waals surface area contributed by atoms with Crippen LogP contribution in [0.4, 0.5) is 5.69 Å². The lowest BCUT2D eigenvalue weighted by Gasteiger charge is -2.29. The Hall–Kier alpha value is -2.00. The fourth-order valence-corrected chi connectivity index (χ4v) is 2.85. The first-order chi connectivity index (χ1) is 10.3. The molecule has 0 spiro atoms. The third kappa shape index (κ3) is 3.56. The number of ether oxygens (including phenoxy) is 1. The molecule has 0 saturated carbocycles. The number of nitrogen functional groups attached to an aromatic ring is 1. The van der Waals surface area contributed by atoms with Crippen LogP contribution in [0.1, 0.15) is 17.5 Å². The van der Waals surface area contributed by atoms with Crippen LogP contribution in [0, 0.1) is 0 Å². The average molecular weight is 282 g/mol. The van der Waals surface area contributed by atoms with Gasteiger partial charge in [-0.25, -0.2) is 0 Å². The van der Waals surface area contributed by atoms with Gasteiger partial charge in [-0.1, -0.05) is 30.3 Å². The molecule has 1 heterocycles. The predicted octanol–water partition coefficient (Wildman–Crippen LogP) is 3.10. The van der Waals surface area contributed by atoms with Crippen LogP contribution >= 0.6 is 0 Å². The van der Waals surface area contributed by atoms with Crippen LogP contribution in [-0.2, 0) is 13.0 Å². The first kappa shape index (κ1) is 14.0. The third-order valence-corrected chi connectivity index (χ3v) is 4.02. The molecule has 21 heavy (non-hydrogen) atoms. The van der Waals surface area contributed by atoms with Crippen molar-refractivity contribution in [3.8, 4) is 5.75 Å². The van der Waals surface area contributed by atoms with Crippen molar-refractivity contribution in [2.24, 2.45) is 0 Å². The first-order valence-corrected chi connectivity index (χ1v) is 7.59. The molecule has 0 aromatic heterocycles. The minimum atomic E-state index is 0.762. The lowest BCUT2D eigenvalue weighted by atomic mass is 9.98. The molecule has 2 N–H and O–H groups in total. The Morgan fingerprint density at radius 3 is 2.76 bits per heavy atom. The molecule has 3 heteroatoms. The summed E-state index contributed by atoms with van der Waals surface area (Å²) in [5.74, 6) is 0.950. The lowest BCUT2D eigenvalue weighted by molar-refractivity contribution is 0.221. The Morgan fingerprint density at radius 1 is 1.05 bits per heavy atom.